The predicted octanol–water partition coefficient (Wildman–Crippen LogP) is 1.40. The summed E-state index contributed by atoms with van der Waals surface area (Å²) in [5.41, 5.74) is 0. The lowest BCUT2D eigenvalue weighted by Gasteiger charge is -2.49. The van der Waals surface area contributed by atoms with Crippen molar-refractivity contribution in [2.75, 3.05) is 39.3 Å². The zero-order chi connectivity index (χ0) is 12.5. The smallest absolute Gasteiger partial charge is 0.0295 e. The molecular weight excluding hydrogens is 222 g/mol. The third-order valence-electron chi connectivity index (χ3n) is 5.62. The van der Waals surface area contributed by atoms with Crippen LogP contribution in [0.4, 0.5) is 0 Å². The molecule has 0 amide bonds. The first-order valence-corrected chi connectivity index (χ1v) is 8.04. The molecule has 104 valence electrons. The molecule has 3 atom stereocenters. The first kappa shape index (κ1) is 12.9. The van der Waals surface area contributed by atoms with Crippen LogP contribution in [0.3, 0.4) is 0 Å². The van der Waals surface area contributed by atoms with E-state index >= 15 is 0 Å². The number of piperidine rings is 3. The van der Waals surface area contributed by atoms with Crippen molar-refractivity contribution in [3.05, 3.63) is 0 Å². The minimum atomic E-state index is 0.821. The fourth-order valence-corrected chi connectivity index (χ4v) is 4.75. The van der Waals surface area contributed by atoms with E-state index in [1.807, 2.05) is 0 Å². The van der Waals surface area contributed by atoms with Gasteiger partial charge in [0.05, 0.1) is 0 Å². The maximum atomic E-state index is 3.51. The maximum Gasteiger partial charge on any atom is 0.0295 e. The van der Waals surface area contributed by atoms with Crippen LogP contribution in [0.1, 0.15) is 33.1 Å². The summed E-state index contributed by atoms with van der Waals surface area (Å²) in [5, 5.41) is 3.51. The van der Waals surface area contributed by atoms with Crippen molar-refractivity contribution in [2.45, 2.75) is 45.2 Å². The van der Waals surface area contributed by atoms with Gasteiger partial charge in [0.25, 0.3) is 0 Å². The Labute approximate surface area is 112 Å². The number of likely N-dealkylation sites (N-methyl/N-ethyl adjacent to an activating group) is 1. The molecule has 18 heavy (non-hydrogen) atoms. The highest BCUT2D eigenvalue weighted by molar-refractivity contribution is 5.06. The summed E-state index contributed by atoms with van der Waals surface area (Å²) in [7, 11) is 0. The summed E-state index contributed by atoms with van der Waals surface area (Å²) in [6, 6.07) is 1.71. The third kappa shape index (κ3) is 2.10. The number of hydrogen-bond acceptors (Lipinski definition) is 3. The number of rotatable bonds is 5. The van der Waals surface area contributed by atoms with E-state index in [1.54, 1.807) is 0 Å². The van der Waals surface area contributed by atoms with Gasteiger partial charge in [0.2, 0.25) is 0 Å². The van der Waals surface area contributed by atoms with Crippen molar-refractivity contribution in [1.29, 1.82) is 0 Å². The number of hydrogen-bond donors (Lipinski definition) is 1. The molecule has 4 fully saturated rings. The predicted molar refractivity (Wildman–Crippen MR) is 75.8 cm³/mol. The number of nitrogens with zero attached hydrogens (tertiary/aromatic N) is 2. The van der Waals surface area contributed by atoms with E-state index in [9.17, 15) is 0 Å². The third-order valence-corrected chi connectivity index (χ3v) is 5.62. The lowest BCUT2D eigenvalue weighted by atomic mass is 9.73. The monoisotopic (exact) mass is 251 g/mol. The van der Waals surface area contributed by atoms with Crippen LogP contribution in [-0.2, 0) is 0 Å². The van der Waals surface area contributed by atoms with Crippen molar-refractivity contribution >= 4 is 0 Å². The molecule has 0 aliphatic carbocycles. The van der Waals surface area contributed by atoms with Gasteiger partial charge in [-0.15, -0.1) is 0 Å². The molecule has 3 heteroatoms. The van der Waals surface area contributed by atoms with Crippen LogP contribution in [0.5, 0.6) is 0 Å². The van der Waals surface area contributed by atoms with Gasteiger partial charge in [-0.05, 0) is 63.8 Å². The number of likely N-dealkylation sites (tertiary alicyclic amines) is 1. The average Bonchev–Trinajstić information content (AvgIpc) is 2.81. The Kier molecular flexibility index (Phi) is 3.92. The molecule has 4 aliphatic rings. The van der Waals surface area contributed by atoms with Gasteiger partial charge in [0, 0.05) is 18.6 Å². The van der Waals surface area contributed by atoms with Crippen LogP contribution >= 0.6 is 0 Å². The van der Waals surface area contributed by atoms with Gasteiger partial charge in [-0.2, -0.15) is 0 Å². The minimum absolute atomic E-state index is 0.821. The Morgan fingerprint density at radius 2 is 1.94 bits per heavy atom. The second-order valence-corrected chi connectivity index (χ2v) is 6.32. The Balaban J connectivity index is 1.70. The van der Waals surface area contributed by atoms with E-state index in [4.69, 9.17) is 0 Å². The Hall–Kier alpha value is -0.120. The van der Waals surface area contributed by atoms with Crippen LogP contribution in [0.15, 0.2) is 0 Å². The summed E-state index contributed by atoms with van der Waals surface area (Å²) in [6.45, 7) is 12.2. The van der Waals surface area contributed by atoms with Gasteiger partial charge in [0.1, 0.15) is 0 Å². The van der Waals surface area contributed by atoms with Gasteiger partial charge in [-0.1, -0.05) is 13.8 Å². The molecule has 0 aromatic heterocycles. The van der Waals surface area contributed by atoms with E-state index in [2.05, 4.69) is 29.0 Å². The first-order valence-electron chi connectivity index (χ1n) is 8.04. The Bertz CT molecular complexity index is 273. The summed E-state index contributed by atoms with van der Waals surface area (Å²) < 4.78 is 0. The van der Waals surface area contributed by atoms with Crippen molar-refractivity contribution in [3.63, 3.8) is 0 Å². The molecular formula is C15H29N3. The van der Waals surface area contributed by atoms with Crippen LogP contribution < -0.4 is 5.32 Å². The molecule has 0 saturated carbocycles. The van der Waals surface area contributed by atoms with E-state index in [-0.39, 0.29) is 0 Å². The van der Waals surface area contributed by atoms with Crippen LogP contribution in [0.25, 0.3) is 0 Å². The van der Waals surface area contributed by atoms with Crippen molar-refractivity contribution in [1.82, 2.24) is 15.1 Å². The first-order chi connectivity index (χ1) is 8.85. The second kappa shape index (κ2) is 5.48. The SMILES string of the molecule is CCNCCC1C2C(CN1CC)C1CCN2CC1. The number of fused-ring (bicyclic) bond motifs is 2. The highest BCUT2D eigenvalue weighted by Gasteiger charge is 2.51. The molecule has 0 aromatic rings. The topological polar surface area (TPSA) is 18.5 Å². The molecule has 4 rings (SSSR count). The van der Waals surface area contributed by atoms with E-state index in [0.29, 0.717) is 0 Å². The average molecular weight is 251 g/mol. The van der Waals surface area contributed by atoms with Gasteiger partial charge in [0.15, 0.2) is 0 Å². The fourth-order valence-electron chi connectivity index (χ4n) is 4.75. The van der Waals surface area contributed by atoms with Gasteiger partial charge in [-0.3, -0.25) is 9.80 Å². The van der Waals surface area contributed by atoms with E-state index < -0.39 is 0 Å². The van der Waals surface area contributed by atoms with Crippen molar-refractivity contribution in [2.24, 2.45) is 11.8 Å². The summed E-state index contributed by atoms with van der Waals surface area (Å²) in [4.78, 5) is 5.58. The molecule has 4 aliphatic heterocycles. The summed E-state index contributed by atoms with van der Waals surface area (Å²) in [6.07, 6.45) is 4.28. The van der Waals surface area contributed by atoms with E-state index in [1.165, 1.54) is 52.0 Å². The van der Waals surface area contributed by atoms with Gasteiger partial charge >= 0.3 is 0 Å². The molecule has 3 nitrogen and oxygen atoms in total. The molecule has 4 saturated heterocycles. The Morgan fingerprint density at radius 3 is 2.61 bits per heavy atom. The van der Waals surface area contributed by atoms with Gasteiger partial charge < -0.3 is 5.32 Å². The largest absolute Gasteiger partial charge is 0.317 e. The molecule has 0 spiro atoms. The van der Waals surface area contributed by atoms with Crippen molar-refractivity contribution < 1.29 is 0 Å². The molecule has 2 bridgehead atoms. The molecule has 3 unspecified atom stereocenters. The zero-order valence-electron chi connectivity index (χ0n) is 12.1. The maximum absolute atomic E-state index is 3.51. The van der Waals surface area contributed by atoms with Crippen LogP contribution in [0.2, 0.25) is 0 Å². The van der Waals surface area contributed by atoms with Crippen molar-refractivity contribution in [3.8, 4) is 0 Å². The lowest BCUT2D eigenvalue weighted by Crippen LogP contribution is -2.57. The summed E-state index contributed by atoms with van der Waals surface area (Å²) in [5.74, 6) is 2.03. The molecule has 4 heterocycles. The zero-order valence-corrected chi connectivity index (χ0v) is 12.1. The fraction of sp³-hybridized carbons (Fsp3) is 1.00. The van der Waals surface area contributed by atoms with Crippen LogP contribution in [0, 0.1) is 11.8 Å². The summed E-state index contributed by atoms with van der Waals surface area (Å²) >= 11 is 0. The van der Waals surface area contributed by atoms with E-state index in [0.717, 1.165) is 30.5 Å². The number of nitrogens with one attached hydrogen (secondary N) is 1. The minimum Gasteiger partial charge on any atom is -0.317 e. The normalized spacial score (nSPS) is 43.3. The molecule has 1 N–H and O–H groups in total. The Morgan fingerprint density at radius 1 is 1.17 bits per heavy atom. The molecule has 0 radical (unpaired) electrons. The highest BCUT2D eigenvalue weighted by atomic mass is 15.3. The second-order valence-electron chi connectivity index (χ2n) is 6.32. The molecule has 0 aromatic carbocycles. The van der Waals surface area contributed by atoms with Gasteiger partial charge in [-0.25, -0.2) is 0 Å². The van der Waals surface area contributed by atoms with Crippen LogP contribution in [-0.4, -0.2) is 61.2 Å². The quantitative estimate of drug-likeness (QED) is 0.745. The standard InChI is InChI=1S/C15H29N3/c1-3-16-8-5-14-15-13(11-17(14)4-2)12-6-9-18(15)10-7-12/h12-16H,3-11H2,1-2H3. The lowest BCUT2D eigenvalue weighted by molar-refractivity contribution is 0.00253. The highest BCUT2D eigenvalue weighted by Crippen LogP contribution is 2.44.